The third-order valence-electron chi connectivity index (χ3n) is 3.13. The molecule has 10 heteroatoms. The Kier molecular flexibility index (Phi) is 6.77. The Morgan fingerprint density at radius 3 is 2.73 bits per heavy atom. The molecule has 0 aliphatic carbocycles. The Hall–Kier alpha value is -3.30. The molecule has 140 valence electrons. The quantitative estimate of drug-likeness (QED) is 0.410. The molecule has 2 N–H and O–H groups in total. The SMILES string of the molecule is CCNC(=O)NC(=O)COC(=O)CO/N=C(/C)c1ccc2c(c1)OCO2. The van der Waals surface area contributed by atoms with Gasteiger partial charge >= 0.3 is 12.0 Å². The van der Waals surface area contributed by atoms with E-state index < -0.39 is 31.1 Å². The molecule has 0 spiro atoms. The third kappa shape index (κ3) is 5.65. The van der Waals surface area contributed by atoms with Crippen molar-refractivity contribution in [3.63, 3.8) is 0 Å². The van der Waals surface area contributed by atoms with Crippen LogP contribution in [0.25, 0.3) is 0 Å². The van der Waals surface area contributed by atoms with Crippen LogP contribution in [0, 0.1) is 0 Å². The number of benzene rings is 1. The molecule has 0 unspecified atom stereocenters. The minimum absolute atomic E-state index is 0.172. The number of nitrogens with one attached hydrogen (secondary N) is 2. The van der Waals surface area contributed by atoms with Crippen molar-refractivity contribution in [2.75, 3.05) is 26.6 Å². The van der Waals surface area contributed by atoms with Gasteiger partial charge in [-0.25, -0.2) is 9.59 Å². The Labute approximate surface area is 149 Å². The number of fused-ring (bicyclic) bond motifs is 1. The van der Waals surface area contributed by atoms with Crippen molar-refractivity contribution in [2.45, 2.75) is 13.8 Å². The van der Waals surface area contributed by atoms with Crippen LogP contribution < -0.4 is 20.1 Å². The van der Waals surface area contributed by atoms with Crippen LogP contribution in [0.5, 0.6) is 11.5 Å². The first kappa shape index (κ1) is 19.0. The number of amides is 3. The molecule has 0 saturated heterocycles. The molecule has 0 radical (unpaired) electrons. The first-order chi connectivity index (χ1) is 12.5. The van der Waals surface area contributed by atoms with Crippen LogP contribution in [-0.2, 0) is 19.2 Å². The zero-order chi connectivity index (χ0) is 18.9. The molecule has 1 aromatic carbocycles. The van der Waals surface area contributed by atoms with Gasteiger partial charge in [0.15, 0.2) is 18.1 Å². The highest BCUT2D eigenvalue weighted by molar-refractivity contribution is 5.99. The number of rotatable bonds is 7. The summed E-state index contributed by atoms with van der Waals surface area (Å²) in [6, 6.07) is 4.61. The number of esters is 1. The van der Waals surface area contributed by atoms with E-state index >= 15 is 0 Å². The molecular weight excluding hydrogens is 346 g/mol. The van der Waals surface area contributed by atoms with E-state index in [9.17, 15) is 14.4 Å². The van der Waals surface area contributed by atoms with Crippen molar-refractivity contribution < 1.29 is 33.4 Å². The van der Waals surface area contributed by atoms with Gasteiger partial charge in [0.2, 0.25) is 13.4 Å². The van der Waals surface area contributed by atoms with Crippen LogP contribution in [0.1, 0.15) is 19.4 Å². The third-order valence-corrected chi connectivity index (χ3v) is 3.13. The van der Waals surface area contributed by atoms with Gasteiger partial charge in [0.05, 0.1) is 5.71 Å². The first-order valence-electron chi connectivity index (χ1n) is 7.79. The summed E-state index contributed by atoms with van der Waals surface area (Å²) >= 11 is 0. The van der Waals surface area contributed by atoms with Crippen LogP contribution in [-0.4, -0.2) is 50.2 Å². The molecule has 0 saturated carbocycles. The summed E-state index contributed by atoms with van der Waals surface area (Å²) in [6.07, 6.45) is 0. The second-order valence-corrected chi connectivity index (χ2v) is 5.09. The highest BCUT2D eigenvalue weighted by atomic mass is 16.7. The standard InChI is InChI=1S/C16H19N3O7/c1-3-17-16(22)18-14(20)7-23-15(21)8-26-19-10(2)11-4-5-12-13(6-11)25-9-24-12/h4-6H,3,7-9H2,1-2H3,(H2,17,18,20,22)/b19-10-. The lowest BCUT2D eigenvalue weighted by molar-refractivity contribution is -0.152. The number of imide groups is 1. The van der Waals surface area contributed by atoms with Crippen LogP contribution in [0.2, 0.25) is 0 Å². The normalized spacial score (nSPS) is 12.3. The molecule has 0 aromatic heterocycles. The zero-order valence-electron chi connectivity index (χ0n) is 14.4. The number of hydrogen-bond acceptors (Lipinski definition) is 8. The molecular formula is C16H19N3O7. The Morgan fingerprint density at radius 1 is 1.19 bits per heavy atom. The van der Waals surface area contributed by atoms with E-state index in [0.29, 0.717) is 23.8 Å². The van der Waals surface area contributed by atoms with Crippen LogP contribution in [0.15, 0.2) is 23.4 Å². The number of urea groups is 1. The molecule has 10 nitrogen and oxygen atoms in total. The smallest absolute Gasteiger partial charge is 0.347 e. The van der Waals surface area contributed by atoms with Gasteiger partial charge < -0.3 is 24.4 Å². The molecule has 0 bridgehead atoms. The molecule has 1 heterocycles. The molecule has 0 fully saturated rings. The minimum atomic E-state index is -0.793. The van der Waals surface area contributed by atoms with Gasteiger partial charge in [-0.3, -0.25) is 10.1 Å². The summed E-state index contributed by atoms with van der Waals surface area (Å²) < 4.78 is 15.2. The van der Waals surface area contributed by atoms with E-state index in [1.807, 2.05) is 5.32 Å². The van der Waals surface area contributed by atoms with Gasteiger partial charge in [-0.05, 0) is 32.0 Å². The number of carbonyl (C=O) groups is 3. The van der Waals surface area contributed by atoms with Crippen molar-refractivity contribution in [1.82, 2.24) is 10.6 Å². The van der Waals surface area contributed by atoms with Gasteiger partial charge in [0.25, 0.3) is 5.91 Å². The minimum Gasteiger partial charge on any atom is -0.454 e. The maximum Gasteiger partial charge on any atom is 0.347 e. The van der Waals surface area contributed by atoms with Crippen molar-refractivity contribution >= 4 is 23.6 Å². The molecule has 0 atom stereocenters. The Balaban J connectivity index is 1.72. The predicted octanol–water partition coefficient (Wildman–Crippen LogP) is 0.545. The van der Waals surface area contributed by atoms with Gasteiger partial charge in [0.1, 0.15) is 0 Å². The number of ether oxygens (including phenoxy) is 3. The maximum atomic E-state index is 11.5. The summed E-state index contributed by atoms with van der Waals surface area (Å²) in [5, 5.41) is 8.18. The topological polar surface area (TPSA) is 125 Å². The first-order valence-corrected chi connectivity index (χ1v) is 7.79. The average Bonchev–Trinajstić information content (AvgIpc) is 3.07. The Morgan fingerprint density at radius 2 is 1.96 bits per heavy atom. The number of carbonyl (C=O) groups excluding carboxylic acids is 3. The number of hydrogen-bond donors (Lipinski definition) is 2. The number of nitrogens with zero attached hydrogens (tertiary/aromatic N) is 1. The summed E-state index contributed by atoms with van der Waals surface area (Å²) in [4.78, 5) is 38.9. The molecule has 2 rings (SSSR count). The lowest BCUT2D eigenvalue weighted by Crippen LogP contribution is -2.41. The molecule has 3 amide bonds. The summed E-state index contributed by atoms with van der Waals surface area (Å²) in [7, 11) is 0. The average molecular weight is 365 g/mol. The van der Waals surface area contributed by atoms with E-state index in [1.54, 1.807) is 32.0 Å². The van der Waals surface area contributed by atoms with Gasteiger partial charge in [-0.2, -0.15) is 0 Å². The molecule has 26 heavy (non-hydrogen) atoms. The summed E-state index contributed by atoms with van der Waals surface area (Å²) in [5.74, 6) is -0.283. The summed E-state index contributed by atoms with van der Waals surface area (Å²) in [5.41, 5.74) is 1.26. The van der Waals surface area contributed by atoms with Crippen LogP contribution in [0.4, 0.5) is 4.79 Å². The summed E-state index contributed by atoms with van der Waals surface area (Å²) in [6.45, 7) is 2.87. The molecule has 1 aliphatic heterocycles. The lowest BCUT2D eigenvalue weighted by atomic mass is 10.1. The highest BCUT2D eigenvalue weighted by Gasteiger charge is 2.14. The van der Waals surface area contributed by atoms with E-state index in [2.05, 4.69) is 15.2 Å². The fourth-order valence-corrected chi connectivity index (χ4v) is 1.91. The maximum absolute atomic E-state index is 11.5. The fraction of sp³-hybridized carbons (Fsp3) is 0.375. The predicted molar refractivity (Wildman–Crippen MR) is 88.9 cm³/mol. The van der Waals surface area contributed by atoms with Gasteiger partial charge in [-0.15, -0.1) is 0 Å². The highest BCUT2D eigenvalue weighted by Crippen LogP contribution is 2.32. The van der Waals surface area contributed by atoms with Crippen molar-refractivity contribution in [2.24, 2.45) is 5.16 Å². The second kappa shape index (κ2) is 9.25. The molecule has 1 aromatic rings. The van der Waals surface area contributed by atoms with Gasteiger partial charge in [-0.1, -0.05) is 5.16 Å². The van der Waals surface area contributed by atoms with E-state index in [1.165, 1.54) is 0 Å². The zero-order valence-corrected chi connectivity index (χ0v) is 14.4. The van der Waals surface area contributed by atoms with E-state index in [-0.39, 0.29) is 6.79 Å². The largest absolute Gasteiger partial charge is 0.454 e. The van der Waals surface area contributed by atoms with Gasteiger partial charge in [0, 0.05) is 12.1 Å². The van der Waals surface area contributed by atoms with Crippen molar-refractivity contribution in [1.29, 1.82) is 0 Å². The van der Waals surface area contributed by atoms with Crippen LogP contribution >= 0.6 is 0 Å². The van der Waals surface area contributed by atoms with Crippen molar-refractivity contribution in [3.05, 3.63) is 23.8 Å². The number of oxime groups is 1. The van der Waals surface area contributed by atoms with Crippen LogP contribution in [0.3, 0.4) is 0 Å². The molecule has 1 aliphatic rings. The van der Waals surface area contributed by atoms with Crippen molar-refractivity contribution in [3.8, 4) is 11.5 Å². The Bertz CT molecular complexity index is 718. The van der Waals surface area contributed by atoms with E-state index in [4.69, 9.17) is 14.3 Å². The lowest BCUT2D eigenvalue weighted by Gasteiger charge is -2.06. The van der Waals surface area contributed by atoms with E-state index in [0.717, 1.165) is 5.56 Å². The monoisotopic (exact) mass is 365 g/mol. The second-order valence-electron chi connectivity index (χ2n) is 5.09. The fourth-order valence-electron chi connectivity index (χ4n) is 1.91.